The van der Waals surface area contributed by atoms with Crippen molar-refractivity contribution < 1.29 is 9.53 Å². The number of hydrogen-bond donors (Lipinski definition) is 0. The van der Waals surface area contributed by atoms with Crippen molar-refractivity contribution in [2.45, 2.75) is 33.2 Å². The second-order valence-electron chi connectivity index (χ2n) is 8.46. The maximum atomic E-state index is 13.2. The second-order valence-corrected chi connectivity index (χ2v) is 8.46. The lowest BCUT2D eigenvalue weighted by Crippen LogP contribution is -2.35. The van der Waals surface area contributed by atoms with E-state index in [0.29, 0.717) is 31.8 Å². The number of hydrogen-bond acceptors (Lipinski definition) is 5. The first-order valence-corrected chi connectivity index (χ1v) is 11.2. The third kappa shape index (κ3) is 5.45. The first kappa shape index (κ1) is 24.1. The number of aryl methyl sites for hydroxylation is 1. The fraction of sp³-hybridized carbons (Fsp3) is 0.423. The number of methoxy groups -OCH3 is 1. The average Bonchev–Trinajstić information content (AvgIpc) is 2.97. The summed E-state index contributed by atoms with van der Waals surface area (Å²) >= 11 is 0. The molecule has 1 amide bonds. The number of ether oxygens (including phenoxy) is 1. The van der Waals surface area contributed by atoms with Gasteiger partial charge in [0.2, 0.25) is 0 Å². The minimum atomic E-state index is -0.228. The Morgan fingerprint density at radius 1 is 1.15 bits per heavy atom. The smallest absolute Gasteiger partial charge is 0.264 e. The third-order valence-electron chi connectivity index (χ3n) is 6.17. The summed E-state index contributed by atoms with van der Waals surface area (Å²) in [5.74, 6) is -0.228. The van der Waals surface area contributed by atoms with Gasteiger partial charge in [0.1, 0.15) is 11.6 Å². The number of benzene rings is 1. The number of carbonyl (C=O) groups is 1. The van der Waals surface area contributed by atoms with E-state index >= 15 is 0 Å². The number of aromatic nitrogens is 1. The lowest BCUT2D eigenvalue weighted by molar-refractivity contribution is -0.126. The zero-order valence-corrected chi connectivity index (χ0v) is 19.8. The maximum Gasteiger partial charge on any atom is 0.264 e. The van der Waals surface area contributed by atoms with Crippen LogP contribution in [0.4, 0.5) is 5.69 Å². The van der Waals surface area contributed by atoms with Crippen LogP contribution in [0, 0.1) is 36.5 Å². The van der Waals surface area contributed by atoms with Crippen LogP contribution in [0.3, 0.4) is 0 Å². The molecule has 0 spiro atoms. The lowest BCUT2D eigenvalue weighted by Gasteiger charge is -2.23. The topological polar surface area (TPSA) is 85.3 Å². The Kier molecular flexibility index (Phi) is 7.92. The molecule has 2 aromatic rings. The fourth-order valence-corrected chi connectivity index (χ4v) is 4.54. The molecule has 1 unspecified atom stereocenters. The van der Waals surface area contributed by atoms with Crippen molar-refractivity contribution in [1.82, 2.24) is 9.47 Å². The Morgan fingerprint density at radius 3 is 2.52 bits per heavy atom. The van der Waals surface area contributed by atoms with Crippen LogP contribution in [0.15, 0.2) is 35.9 Å². The van der Waals surface area contributed by atoms with E-state index in [-0.39, 0.29) is 17.5 Å². The molecule has 0 aliphatic carbocycles. The van der Waals surface area contributed by atoms with Gasteiger partial charge in [0.25, 0.3) is 5.91 Å². The van der Waals surface area contributed by atoms with Crippen molar-refractivity contribution in [2.75, 3.05) is 44.8 Å². The van der Waals surface area contributed by atoms with Gasteiger partial charge in [-0.2, -0.15) is 10.5 Å². The number of amides is 1. The van der Waals surface area contributed by atoms with E-state index in [2.05, 4.69) is 28.5 Å². The zero-order chi connectivity index (χ0) is 24.0. The highest BCUT2D eigenvalue weighted by Gasteiger charge is 2.23. The molecule has 1 saturated heterocycles. The van der Waals surface area contributed by atoms with E-state index in [0.717, 1.165) is 35.6 Å². The summed E-state index contributed by atoms with van der Waals surface area (Å²) in [4.78, 5) is 17.2. The molecular weight excluding hydrogens is 414 g/mol. The normalized spacial score (nSPS) is 15.5. The molecule has 7 heteroatoms. The van der Waals surface area contributed by atoms with Gasteiger partial charge in [-0.15, -0.1) is 0 Å². The SMILES string of the molecule is COCC(C)n1c(C)cc(/C=C(/C#N)C(=O)N2CCCN(c3ccc(C#N)cc3)CC2)c1C. The zero-order valence-electron chi connectivity index (χ0n) is 19.8. The Balaban J connectivity index is 1.75. The van der Waals surface area contributed by atoms with Crippen molar-refractivity contribution in [2.24, 2.45) is 0 Å². The van der Waals surface area contributed by atoms with E-state index in [9.17, 15) is 10.1 Å². The van der Waals surface area contributed by atoms with Crippen LogP contribution in [0.5, 0.6) is 0 Å². The summed E-state index contributed by atoms with van der Waals surface area (Å²) in [6.45, 7) is 9.36. The Labute approximate surface area is 196 Å². The molecule has 0 radical (unpaired) electrons. The van der Waals surface area contributed by atoms with Crippen LogP contribution in [0.2, 0.25) is 0 Å². The molecule has 7 nitrogen and oxygen atoms in total. The molecule has 1 atom stereocenters. The summed E-state index contributed by atoms with van der Waals surface area (Å²) in [6, 6.07) is 13.9. The monoisotopic (exact) mass is 445 g/mol. The molecule has 1 aliphatic heterocycles. The molecule has 0 bridgehead atoms. The Hall–Kier alpha value is -3.55. The predicted molar refractivity (Wildman–Crippen MR) is 129 cm³/mol. The average molecular weight is 446 g/mol. The quantitative estimate of drug-likeness (QED) is 0.498. The van der Waals surface area contributed by atoms with Gasteiger partial charge < -0.3 is 19.1 Å². The van der Waals surface area contributed by atoms with E-state index in [1.54, 1.807) is 18.1 Å². The van der Waals surface area contributed by atoms with Gasteiger partial charge >= 0.3 is 0 Å². The Bertz CT molecular complexity index is 1100. The van der Waals surface area contributed by atoms with Gasteiger partial charge in [-0.25, -0.2) is 0 Å². The van der Waals surface area contributed by atoms with Crippen LogP contribution < -0.4 is 4.90 Å². The molecular formula is C26H31N5O2. The lowest BCUT2D eigenvalue weighted by atomic mass is 10.1. The first-order valence-electron chi connectivity index (χ1n) is 11.2. The molecule has 172 valence electrons. The van der Waals surface area contributed by atoms with Crippen LogP contribution >= 0.6 is 0 Å². The van der Waals surface area contributed by atoms with Gasteiger partial charge in [-0.3, -0.25) is 4.79 Å². The van der Waals surface area contributed by atoms with E-state index in [1.165, 1.54) is 0 Å². The summed E-state index contributed by atoms with van der Waals surface area (Å²) in [5.41, 5.74) is 4.79. The van der Waals surface area contributed by atoms with E-state index < -0.39 is 0 Å². The van der Waals surface area contributed by atoms with Crippen LogP contribution in [0.1, 0.15) is 41.9 Å². The maximum absolute atomic E-state index is 13.2. The van der Waals surface area contributed by atoms with Gasteiger partial charge in [0, 0.05) is 50.4 Å². The second kappa shape index (κ2) is 10.8. The third-order valence-corrected chi connectivity index (χ3v) is 6.17. The van der Waals surface area contributed by atoms with Crippen LogP contribution in [-0.4, -0.2) is 55.3 Å². The molecule has 1 aromatic heterocycles. The summed E-state index contributed by atoms with van der Waals surface area (Å²) in [5, 5.41) is 18.8. The molecule has 0 saturated carbocycles. The molecule has 2 heterocycles. The highest BCUT2D eigenvalue weighted by atomic mass is 16.5. The first-order chi connectivity index (χ1) is 15.9. The predicted octanol–water partition coefficient (Wildman–Crippen LogP) is 3.83. The number of rotatable bonds is 6. The number of nitrogens with zero attached hydrogens (tertiary/aromatic N) is 5. The minimum absolute atomic E-state index is 0.154. The van der Waals surface area contributed by atoms with Crippen molar-refractivity contribution in [3.8, 4) is 12.1 Å². The number of carbonyl (C=O) groups excluding carboxylic acids is 1. The largest absolute Gasteiger partial charge is 0.383 e. The molecule has 33 heavy (non-hydrogen) atoms. The molecule has 0 N–H and O–H groups in total. The Morgan fingerprint density at radius 2 is 1.88 bits per heavy atom. The number of anilines is 1. The summed E-state index contributed by atoms with van der Waals surface area (Å²) < 4.78 is 7.47. The standard InChI is InChI=1S/C26H31N5O2/c1-19-14-23(21(3)31(19)20(2)18-33-4)15-24(17-28)26(32)30-11-5-10-29(12-13-30)25-8-6-22(16-27)7-9-25/h6-9,14-15,20H,5,10-13,18H2,1-4H3/b24-15-. The van der Waals surface area contributed by atoms with Gasteiger partial charge in [-0.1, -0.05) is 0 Å². The number of nitriles is 2. The molecule has 1 fully saturated rings. The molecule has 3 rings (SSSR count). The van der Waals surface area contributed by atoms with Crippen molar-refractivity contribution in [3.05, 3.63) is 58.4 Å². The van der Waals surface area contributed by atoms with Crippen molar-refractivity contribution in [3.63, 3.8) is 0 Å². The van der Waals surface area contributed by atoms with E-state index in [1.807, 2.05) is 44.2 Å². The van der Waals surface area contributed by atoms with Crippen molar-refractivity contribution in [1.29, 1.82) is 10.5 Å². The van der Waals surface area contributed by atoms with Gasteiger partial charge in [0.15, 0.2) is 0 Å². The summed E-state index contributed by atoms with van der Waals surface area (Å²) in [6.07, 6.45) is 2.53. The van der Waals surface area contributed by atoms with Crippen molar-refractivity contribution >= 4 is 17.7 Å². The van der Waals surface area contributed by atoms with Gasteiger partial charge in [0.05, 0.1) is 24.3 Å². The highest BCUT2D eigenvalue weighted by Crippen LogP contribution is 2.24. The van der Waals surface area contributed by atoms with Crippen LogP contribution in [0.25, 0.3) is 6.08 Å². The minimum Gasteiger partial charge on any atom is -0.383 e. The van der Waals surface area contributed by atoms with Crippen LogP contribution in [-0.2, 0) is 9.53 Å². The molecule has 1 aromatic carbocycles. The fourth-order valence-electron chi connectivity index (χ4n) is 4.54. The molecule has 1 aliphatic rings. The van der Waals surface area contributed by atoms with E-state index in [4.69, 9.17) is 10.00 Å². The van der Waals surface area contributed by atoms with Gasteiger partial charge in [-0.05, 0) is 69.2 Å². The highest BCUT2D eigenvalue weighted by molar-refractivity contribution is 6.01. The summed E-state index contributed by atoms with van der Waals surface area (Å²) in [7, 11) is 1.68.